The summed E-state index contributed by atoms with van der Waals surface area (Å²) >= 11 is 0. The maximum absolute atomic E-state index is 13.0. The number of ether oxygens (including phenoxy) is 2. The van der Waals surface area contributed by atoms with E-state index in [2.05, 4.69) is 4.98 Å². The first-order chi connectivity index (χ1) is 12.2. The Morgan fingerprint density at radius 3 is 2.50 bits per heavy atom. The number of sulfonamides is 1. The molecule has 3 rings (SSSR count). The second-order valence-corrected chi connectivity index (χ2v) is 7.47. The van der Waals surface area contributed by atoms with E-state index in [4.69, 9.17) is 9.47 Å². The Morgan fingerprint density at radius 2 is 1.85 bits per heavy atom. The van der Waals surface area contributed by atoms with E-state index in [1.54, 1.807) is 12.1 Å². The van der Waals surface area contributed by atoms with E-state index in [9.17, 15) is 21.6 Å². The van der Waals surface area contributed by atoms with Gasteiger partial charge in [0.05, 0.1) is 20.2 Å². The Kier molecular flexibility index (Phi) is 4.80. The van der Waals surface area contributed by atoms with Gasteiger partial charge in [0, 0.05) is 6.20 Å². The van der Waals surface area contributed by atoms with Crippen molar-refractivity contribution in [1.82, 2.24) is 9.29 Å². The minimum absolute atomic E-state index is 0.00485. The normalized spacial score (nSPS) is 16.2. The maximum Gasteiger partial charge on any atom is 0.421 e. The zero-order valence-corrected chi connectivity index (χ0v) is 14.4. The van der Waals surface area contributed by atoms with Crippen molar-refractivity contribution < 1.29 is 31.1 Å². The fourth-order valence-electron chi connectivity index (χ4n) is 2.50. The molecular weight excluding hydrogens is 373 g/mol. The van der Waals surface area contributed by atoms with Crippen LogP contribution in [0.4, 0.5) is 13.2 Å². The smallest absolute Gasteiger partial charge is 0.421 e. The third-order valence-corrected chi connectivity index (χ3v) is 5.73. The van der Waals surface area contributed by atoms with Gasteiger partial charge < -0.3 is 9.47 Å². The number of pyridine rings is 1. The standard InChI is InChI=1S/C16H15F3N2O4S/c1-24-13-6-2-3-7-14(13)26(22,23)21-9-11(10-21)25-15-12(16(17,18)19)5-4-8-20-15/h2-8,11H,9-10H2,1H3. The molecule has 6 nitrogen and oxygen atoms in total. The number of halogens is 3. The van der Waals surface area contributed by atoms with Crippen LogP contribution in [-0.2, 0) is 16.2 Å². The largest absolute Gasteiger partial charge is 0.495 e. The highest BCUT2D eigenvalue weighted by Gasteiger charge is 2.41. The topological polar surface area (TPSA) is 68.7 Å². The predicted octanol–water partition coefficient (Wildman–Crippen LogP) is 2.56. The molecule has 2 aromatic rings. The van der Waals surface area contributed by atoms with Gasteiger partial charge in [0.25, 0.3) is 0 Å². The minimum Gasteiger partial charge on any atom is -0.495 e. The lowest BCUT2D eigenvalue weighted by Gasteiger charge is -2.37. The number of para-hydroxylation sites is 1. The van der Waals surface area contributed by atoms with Crippen molar-refractivity contribution in [3.63, 3.8) is 0 Å². The Labute approximate surface area is 148 Å². The molecule has 26 heavy (non-hydrogen) atoms. The quantitative estimate of drug-likeness (QED) is 0.788. The first kappa shape index (κ1) is 18.5. The Balaban J connectivity index is 1.72. The Hall–Kier alpha value is -2.33. The number of aromatic nitrogens is 1. The predicted molar refractivity (Wildman–Crippen MR) is 85.4 cm³/mol. The summed E-state index contributed by atoms with van der Waals surface area (Å²) in [6.45, 7) is -0.150. The van der Waals surface area contributed by atoms with Crippen molar-refractivity contribution in [2.75, 3.05) is 20.2 Å². The summed E-state index contributed by atoms with van der Waals surface area (Å²) in [6.07, 6.45) is -4.13. The summed E-state index contributed by atoms with van der Waals surface area (Å²) in [5.74, 6) is -0.361. The average molecular weight is 388 g/mol. The first-order valence-electron chi connectivity index (χ1n) is 7.55. The van der Waals surface area contributed by atoms with Crippen molar-refractivity contribution in [3.8, 4) is 11.6 Å². The monoisotopic (exact) mass is 388 g/mol. The number of benzene rings is 1. The number of nitrogens with zero attached hydrogens (tertiary/aromatic N) is 2. The van der Waals surface area contributed by atoms with Gasteiger partial charge in [-0.1, -0.05) is 12.1 Å². The highest BCUT2D eigenvalue weighted by molar-refractivity contribution is 7.89. The summed E-state index contributed by atoms with van der Waals surface area (Å²) < 4.78 is 75.5. The number of hydrogen-bond donors (Lipinski definition) is 0. The second kappa shape index (κ2) is 6.76. The molecule has 0 spiro atoms. The fraction of sp³-hybridized carbons (Fsp3) is 0.312. The van der Waals surface area contributed by atoms with Gasteiger partial charge in [0.2, 0.25) is 15.9 Å². The molecule has 1 saturated heterocycles. The SMILES string of the molecule is COc1ccccc1S(=O)(=O)N1CC(Oc2ncccc2C(F)(F)F)C1. The van der Waals surface area contributed by atoms with Gasteiger partial charge in [-0.15, -0.1) is 0 Å². The van der Waals surface area contributed by atoms with Crippen molar-refractivity contribution >= 4 is 10.0 Å². The van der Waals surface area contributed by atoms with E-state index >= 15 is 0 Å². The molecule has 1 aliphatic rings. The van der Waals surface area contributed by atoms with Crippen LogP contribution < -0.4 is 9.47 Å². The minimum atomic E-state index is -4.60. The number of alkyl halides is 3. The Bertz CT molecular complexity index is 896. The molecule has 0 amide bonds. The molecule has 1 aromatic carbocycles. The summed E-state index contributed by atoms with van der Waals surface area (Å²) in [4.78, 5) is 3.60. The average Bonchev–Trinajstić information content (AvgIpc) is 2.57. The molecule has 140 valence electrons. The van der Waals surface area contributed by atoms with E-state index in [0.717, 1.165) is 16.4 Å². The van der Waals surface area contributed by atoms with E-state index < -0.39 is 33.7 Å². The van der Waals surface area contributed by atoms with E-state index in [1.165, 1.54) is 25.4 Å². The van der Waals surface area contributed by atoms with Crippen LogP contribution in [0.1, 0.15) is 5.56 Å². The second-order valence-electron chi connectivity index (χ2n) is 5.57. The molecule has 0 N–H and O–H groups in total. The van der Waals surface area contributed by atoms with Crippen LogP contribution in [0, 0.1) is 0 Å². The van der Waals surface area contributed by atoms with Gasteiger partial charge in [-0.05, 0) is 24.3 Å². The van der Waals surface area contributed by atoms with Crippen LogP contribution in [0.25, 0.3) is 0 Å². The zero-order chi connectivity index (χ0) is 18.9. The van der Waals surface area contributed by atoms with Gasteiger partial charge in [0.15, 0.2) is 0 Å². The van der Waals surface area contributed by atoms with E-state index in [1.807, 2.05) is 0 Å². The van der Waals surface area contributed by atoms with Crippen LogP contribution in [0.15, 0.2) is 47.5 Å². The highest BCUT2D eigenvalue weighted by atomic mass is 32.2. The van der Waals surface area contributed by atoms with Gasteiger partial charge in [-0.2, -0.15) is 17.5 Å². The zero-order valence-electron chi connectivity index (χ0n) is 13.6. The lowest BCUT2D eigenvalue weighted by Crippen LogP contribution is -2.56. The summed E-state index contributed by atoms with van der Waals surface area (Å²) in [6, 6.07) is 8.15. The molecular formula is C16H15F3N2O4S. The molecule has 0 bridgehead atoms. The van der Waals surface area contributed by atoms with Crippen LogP contribution in [0.5, 0.6) is 11.6 Å². The molecule has 0 atom stereocenters. The summed E-state index contributed by atoms with van der Waals surface area (Å²) in [5.41, 5.74) is -0.994. The van der Waals surface area contributed by atoms with Crippen molar-refractivity contribution in [1.29, 1.82) is 0 Å². The lowest BCUT2D eigenvalue weighted by molar-refractivity contribution is -0.140. The molecule has 0 unspecified atom stereocenters. The molecule has 1 fully saturated rings. The van der Waals surface area contributed by atoms with Gasteiger partial charge in [-0.3, -0.25) is 0 Å². The van der Waals surface area contributed by atoms with E-state index in [0.29, 0.717) is 0 Å². The van der Waals surface area contributed by atoms with Crippen LogP contribution in [0.3, 0.4) is 0 Å². The molecule has 0 aliphatic carbocycles. The molecule has 10 heteroatoms. The number of hydrogen-bond acceptors (Lipinski definition) is 5. The molecule has 1 aromatic heterocycles. The molecule has 1 aliphatic heterocycles. The lowest BCUT2D eigenvalue weighted by atomic mass is 10.2. The molecule has 0 saturated carbocycles. The maximum atomic E-state index is 13.0. The van der Waals surface area contributed by atoms with E-state index in [-0.39, 0.29) is 23.7 Å². The summed E-state index contributed by atoms with van der Waals surface area (Å²) in [7, 11) is -2.47. The third-order valence-electron chi connectivity index (χ3n) is 3.86. The van der Waals surface area contributed by atoms with Crippen molar-refractivity contribution in [2.45, 2.75) is 17.2 Å². The van der Waals surface area contributed by atoms with Crippen LogP contribution in [0.2, 0.25) is 0 Å². The van der Waals surface area contributed by atoms with Crippen molar-refractivity contribution in [3.05, 3.63) is 48.2 Å². The fourth-order valence-corrected chi connectivity index (χ4v) is 4.16. The molecule has 0 radical (unpaired) electrons. The third kappa shape index (κ3) is 3.47. The number of methoxy groups -OCH3 is 1. The number of rotatable bonds is 5. The first-order valence-corrected chi connectivity index (χ1v) is 8.99. The van der Waals surface area contributed by atoms with Crippen LogP contribution >= 0.6 is 0 Å². The highest BCUT2D eigenvalue weighted by Crippen LogP contribution is 2.36. The van der Waals surface area contributed by atoms with Gasteiger partial charge >= 0.3 is 6.18 Å². The van der Waals surface area contributed by atoms with Gasteiger partial charge in [-0.25, -0.2) is 13.4 Å². The van der Waals surface area contributed by atoms with Gasteiger partial charge in [0.1, 0.15) is 22.3 Å². The van der Waals surface area contributed by atoms with Crippen LogP contribution in [-0.4, -0.2) is 44.0 Å². The summed E-state index contributed by atoms with van der Waals surface area (Å²) in [5, 5.41) is 0. The molecule has 2 heterocycles. The Morgan fingerprint density at radius 1 is 1.15 bits per heavy atom. The van der Waals surface area contributed by atoms with Crippen molar-refractivity contribution in [2.24, 2.45) is 0 Å².